The van der Waals surface area contributed by atoms with E-state index in [0.29, 0.717) is 5.92 Å². The lowest BCUT2D eigenvalue weighted by atomic mass is 9.96. The second kappa shape index (κ2) is 11.8. The molecule has 0 spiro atoms. The van der Waals surface area contributed by atoms with Crippen molar-refractivity contribution in [2.75, 3.05) is 79.7 Å². The number of hydrogen-bond donors (Lipinski definition) is 1. The Kier molecular flexibility index (Phi) is 9.72. The molecular weight excluding hydrogens is 326 g/mol. The molecule has 0 saturated carbocycles. The van der Waals surface area contributed by atoms with E-state index in [9.17, 15) is 0 Å². The summed E-state index contributed by atoms with van der Waals surface area (Å²) < 4.78 is 5.47. The van der Waals surface area contributed by atoms with Crippen LogP contribution in [-0.4, -0.2) is 100 Å². The number of rotatable bonds is 8. The maximum atomic E-state index is 5.47. The second-order valence-corrected chi connectivity index (χ2v) is 8.17. The molecule has 2 fully saturated rings. The number of nitrogens with zero attached hydrogens (tertiary/aromatic N) is 4. The largest absolute Gasteiger partial charge is 0.381 e. The molecule has 152 valence electrons. The van der Waals surface area contributed by atoms with Gasteiger partial charge < -0.3 is 24.8 Å². The molecule has 2 aliphatic heterocycles. The van der Waals surface area contributed by atoms with Crippen LogP contribution >= 0.6 is 0 Å². The molecule has 0 aromatic carbocycles. The van der Waals surface area contributed by atoms with E-state index in [1.54, 1.807) is 0 Å². The van der Waals surface area contributed by atoms with Crippen LogP contribution in [0.1, 0.15) is 33.1 Å². The lowest BCUT2D eigenvalue weighted by Crippen LogP contribution is -2.46. The van der Waals surface area contributed by atoms with Crippen LogP contribution in [0.25, 0.3) is 0 Å². The van der Waals surface area contributed by atoms with E-state index < -0.39 is 0 Å². The molecule has 0 radical (unpaired) electrons. The first-order valence-corrected chi connectivity index (χ1v) is 10.6. The van der Waals surface area contributed by atoms with Gasteiger partial charge in [0.25, 0.3) is 0 Å². The fraction of sp³-hybridized carbons (Fsp3) is 0.950. The van der Waals surface area contributed by atoms with Gasteiger partial charge in [-0.05, 0) is 45.1 Å². The van der Waals surface area contributed by atoms with Gasteiger partial charge in [-0.2, -0.15) is 0 Å². The maximum absolute atomic E-state index is 5.47. The van der Waals surface area contributed by atoms with Crippen molar-refractivity contribution in [3.8, 4) is 0 Å². The number of likely N-dealkylation sites (N-methyl/N-ethyl adjacent to an activating group) is 1. The molecule has 0 aromatic heterocycles. The van der Waals surface area contributed by atoms with E-state index in [-0.39, 0.29) is 0 Å². The summed E-state index contributed by atoms with van der Waals surface area (Å²) in [5.74, 6) is 2.46. The van der Waals surface area contributed by atoms with Gasteiger partial charge in [0, 0.05) is 72.6 Å². The second-order valence-electron chi connectivity index (χ2n) is 8.17. The van der Waals surface area contributed by atoms with Crippen molar-refractivity contribution in [1.82, 2.24) is 20.0 Å². The van der Waals surface area contributed by atoms with E-state index in [2.05, 4.69) is 48.0 Å². The summed E-state index contributed by atoms with van der Waals surface area (Å²) in [6.45, 7) is 15.2. The standard InChI is InChI=1S/C20H41N5O/c1-5-21-20(24(4)9-6-19-7-14-26-15-8-19)22-16-18(2)17-25-12-10-23(3)11-13-25/h18-19H,5-17H2,1-4H3,(H,21,22). The molecule has 2 heterocycles. The van der Waals surface area contributed by atoms with Gasteiger partial charge in [0.2, 0.25) is 0 Å². The van der Waals surface area contributed by atoms with Crippen LogP contribution in [0.15, 0.2) is 4.99 Å². The molecule has 1 unspecified atom stereocenters. The van der Waals surface area contributed by atoms with Crippen LogP contribution < -0.4 is 5.32 Å². The molecule has 26 heavy (non-hydrogen) atoms. The van der Waals surface area contributed by atoms with Crippen LogP contribution in [0, 0.1) is 11.8 Å². The van der Waals surface area contributed by atoms with Crippen molar-refractivity contribution in [3.05, 3.63) is 0 Å². The summed E-state index contributed by atoms with van der Waals surface area (Å²) in [6.07, 6.45) is 3.66. The molecule has 1 N–H and O–H groups in total. The number of ether oxygens (including phenoxy) is 1. The van der Waals surface area contributed by atoms with E-state index in [1.807, 2.05) is 0 Å². The Bertz CT molecular complexity index is 403. The van der Waals surface area contributed by atoms with Gasteiger partial charge in [-0.3, -0.25) is 4.99 Å². The molecule has 1 atom stereocenters. The molecule has 6 heteroatoms. The minimum atomic E-state index is 0.593. The number of hydrogen-bond acceptors (Lipinski definition) is 4. The van der Waals surface area contributed by atoms with Gasteiger partial charge in [-0.1, -0.05) is 6.92 Å². The first-order valence-electron chi connectivity index (χ1n) is 10.6. The lowest BCUT2D eigenvalue weighted by molar-refractivity contribution is 0.0625. The third-order valence-electron chi connectivity index (χ3n) is 5.63. The predicted molar refractivity (Wildman–Crippen MR) is 110 cm³/mol. The molecule has 0 aliphatic carbocycles. The molecular formula is C20H41N5O. The quantitative estimate of drug-likeness (QED) is 0.521. The average Bonchev–Trinajstić information content (AvgIpc) is 2.66. The Morgan fingerprint density at radius 2 is 1.92 bits per heavy atom. The maximum Gasteiger partial charge on any atom is 0.193 e. The van der Waals surface area contributed by atoms with Crippen molar-refractivity contribution in [3.63, 3.8) is 0 Å². The molecule has 0 bridgehead atoms. The fourth-order valence-electron chi connectivity index (χ4n) is 3.76. The van der Waals surface area contributed by atoms with Crippen molar-refractivity contribution in [2.45, 2.75) is 33.1 Å². The third kappa shape index (κ3) is 7.80. The van der Waals surface area contributed by atoms with Gasteiger partial charge in [0.15, 0.2) is 5.96 Å². The third-order valence-corrected chi connectivity index (χ3v) is 5.63. The Morgan fingerprint density at radius 3 is 2.58 bits per heavy atom. The van der Waals surface area contributed by atoms with Crippen molar-refractivity contribution < 1.29 is 4.74 Å². The summed E-state index contributed by atoms with van der Waals surface area (Å²) in [7, 11) is 4.38. The summed E-state index contributed by atoms with van der Waals surface area (Å²) in [4.78, 5) is 12.2. The van der Waals surface area contributed by atoms with Crippen LogP contribution in [0.5, 0.6) is 0 Å². The zero-order valence-corrected chi connectivity index (χ0v) is 17.5. The summed E-state index contributed by atoms with van der Waals surface area (Å²) in [5, 5.41) is 3.47. The number of guanidine groups is 1. The van der Waals surface area contributed by atoms with Crippen LogP contribution in [0.3, 0.4) is 0 Å². The highest BCUT2D eigenvalue weighted by Gasteiger charge is 2.17. The van der Waals surface area contributed by atoms with Crippen LogP contribution in [0.4, 0.5) is 0 Å². The SMILES string of the molecule is CCNC(=NCC(C)CN1CCN(C)CC1)N(C)CCC1CCOCC1. The highest BCUT2D eigenvalue weighted by Crippen LogP contribution is 2.18. The first-order chi connectivity index (χ1) is 12.6. The van der Waals surface area contributed by atoms with Gasteiger partial charge in [0.05, 0.1) is 0 Å². The highest BCUT2D eigenvalue weighted by atomic mass is 16.5. The average molecular weight is 368 g/mol. The van der Waals surface area contributed by atoms with E-state index in [1.165, 1.54) is 45.4 Å². The molecule has 2 saturated heterocycles. The van der Waals surface area contributed by atoms with Gasteiger partial charge >= 0.3 is 0 Å². The van der Waals surface area contributed by atoms with E-state index in [4.69, 9.17) is 9.73 Å². The normalized spacial score (nSPS) is 22.4. The van der Waals surface area contributed by atoms with Gasteiger partial charge in [-0.25, -0.2) is 0 Å². The summed E-state index contributed by atoms with van der Waals surface area (Å²) in [5.41, 5.74) is 0. The Morgan fingerprint density at radius 1 is 1.23 bits per heavy atom. The summed E-state index contributed by atoms with van der Waals surface area (Å²) >= 11 is 0. The molecule has 0 amide bonds. The highest BCUT2D eigenvalue weighted by molar-refractivity contribution is 5.79. The molecule has 0 aromatic rings. The van der Waals surface area contributed by atoms with Crippen molar-refractivity contribution in [2.24, 2.45) is 16.8 Å². The number of piperazine rings is 1. The predicted octanol–water partition coefficient (Wildman–Crippen LogP) is 1.58. The molecule has 6 nitrogen and oxygen atoms in total. The van der Waals surface area contributed by atoms with Crippen LogP contribution in [0.2, 0.25) is 0 Å². The van der Waals surface area contributed by atoms with Gasteiger partial charge in [0.1, 0.15) is 0 Å². The zero-order valence-electron chi connectivity index (χ0n) is 17.5. The van der Waals surface area contributed by atoms with Crippen molar-refractivity contribution in [1.29, 1.82) is 0 Å². The van der Waals surface area contributed by atoms with Gasteiger partial charge in [-0.15, -0.1) is 0 Å². The topological polar surface area (TPSA) is 43.3 Å². The Hall–Kier alpha value is -0.850. The smallest absolute Gasteiger partial charge is 0.193 e. The van der Waals surface area contributed by atoms with E-state index in [0.717, 1.165) is 51.3 Å². The molecule has 2 aliphatic rings. The Labute approximate surface area is 160 Å². The Balaban J connectivity index is 1.74. The first kappa shape index (κ1) is 21.5. The zero-order chi connectivity index (χ0) is 18.8. The fourth-order valence-corrected chi connectivity index (χ4v) is 3.76. The van der Waals surface area contributed by atoms with Crippen molar-refractivity contribution >= 4 is 5.96 Å². The summed E-state index contributed by atoms with van der Waals surface area (Å²) in [6, 6.07) is 0. The number of aliphatic imine (C=N–C) groups is 1. The minimum Gasteiger partial charge on any atom is -0.381 e. The molecule has 2 rings (SSSR count). The van der Waals surface area contributed by atoms with Crippen LogP contribution in [-0.2, 0) is 4.74 Å². The minimum absolute atomic E-state index is 0.593. The monoisotopic (exact) mass is 367 g/mol. The number of nitrogens with one attached hydrogen (secondary N) is 1. The lowest BCUT2D eigenvalue weighted by Gasteiger charge is -2.33. The van der Waals surface area contributed by atoms with E-state index >= 15 is 0 Å².